The van der Waals surface area contributed by atoms with Gasteiger partial charge in [-0.25, -0.2) is 0 Å². The molecule has 0 saturated heterocycles. The molecule has 23 heavy (non-hydrogen) atoms. The number of benzene rings is 1. The number of aryl methyl sites for hydroxylation is 3. The number of aromatic nitrogens is 2. The van der Waals surface area contributed by atoms with Crippen LogP contribution in [0.3, 0.4) is 0 Å². The predicted molar refractivity (Wildman–Crippen MR) is 85.8 cm³/mol. The molecule has 0 saturated carbocycles. The second-order valence-electron chi connectivity index (χ2n) is 5.32. The third-order valence-electron chi connectivity index (χ3n) is 3.83. The number of anilines is 1. The van der Waals surface area contributed by atoms with Crippen molar-refractivity contribution in [3.63, 3.8) is 0 Å². The average Bonchev–Trinajstić information content (AvgIpc) is 3.07. The van der Waals surface area contributed by atoms with Crippen molar-refractivity contribution in [3.05, 3.63) is 62.6 Å². The van der Waals surface area contributed by atoms with Gasteiger partial charge in [-0.05, 0) is 36.8 Å². The van der Waals surface area contributed by atoms with Gasteiger partial charge in [-0.15, -0.1) is 0 Å². The first-order chi connectivity index (χ1) is 10.9. The fraction of sp³-hybridized carbons (Fsp3) is 0.188. The Balaban J connectivity index is 2.17. The Morgan fingerprint density at radius 3 is 2.26 bits per heavy atom. The van der Waals surface area contributed by atoms with E-state index in [9.17, 15) is 14.4 Å². The molecule has 3 aromatic rings. The second-order valence-corrected chi connectivity index (χ2v) is 5.32. The van der Waals surface area contributed by atoms with Crippen molar-refractivity contribution < 1.29 is 9.21 Å². The number of hydrogen-bond acceptors (Lipinski definition) is 4. The molecular formula is C16H15N3O4. The standard InChI is InChI=1S/C16H15N3O4/c1-9-7-11-12(19(3)16(22)15(21)18(11)2)8-10(9)17-14(20)13-5-4-6-23-13/h4-8H,1-3H3,(H,17,20). The van der Waals surface area contributed by atoms with Crippen LogP contribution in [0.5, 0.6) is 0 Å². The number of nitrogens with one attached hydrogen (secondary N) is 1. The number of amides is 1. The number of carbonyl (C=O) groups excluding carboxylic acids is 1. The summed E-state index contributed by atoms with van der Waals surface area (Å²) in [6.45, 7) is 1.81. The summed E-state index contributed by atoms with van der Waals surface area (Å²) < 4.78 is 7.65. The van der Waals surface area contributed by atoms with Gasteiger partial charge in [0.25, 0.3) is 5.91 Å². The van der Waals surface area contributed by atoms with E-state index in [1.807, 2.05) is 6.92 Å². The van der Waals surface area contributed by atoms with Crippen LogP contribution in [0.15, 0.2) is 44.5 Å². The fourth-order valence-electron chi connectivity index (χ4n) is 2.45. The van der Waals surface area contributed by atoms with E-state index in [0.29, 0.717) is 16.7 Å². The van der Waals surface area contributed by atoms with Gasteiger partial charge >= 0.3 is 11.1 Å². The average molecular weight is 313 g/mol. The van der Waals surface area contributed by atoms with Crippen molar-refractivity contribution in [2.45, 2.75) is 6.92 Å². The predicted octanol–water partition coefficient (Wildman–Crippen LogP) is 1.39. The molecule has 118 valence electrons. The lowest BCUT2D eigenvalue weighted by Crippen LogP contribution is -2.39. The first kappa shape index (κ1) is 14.8. The molecule has 0 aliphatic carbocycles. The van der Waals surface area contributed by atoms with Gasteiger partial charge < -0.3 is 18.9 Å². The maximum absolute atomic E-state index is 12.1. The molecule has 0 radical (unpaired) electrons. The minimum Gasteiger partial charge on any atom is -0.459 e. The highest BCUT2D eigenvalue weighted by Gasteiger charge is 2.14. The van der Waals surface area contributed by atoms with Gasteiger partial charge in [-0.3, -0.25) is 14.4 Å². The summed E-state index contributed by atoms with van der Waals surface area (Å²) in [5.74, 6) is -0.189. The van der Waals surface area contributed by atoms with E-state index in [2.05, 4.69) is 5.32 Å². The minimum atomic E-state index is -0.618. The summed E-state index contributed by atoms with van der Waals surface area (Å²) in [4.78, 5) is 35.9. The third-order valence-corrected chi connectivity index (χ3v) is 3.83. The molecule has 0 aliphatic rings. The summed E-state index contributed by atoms with van der Waals surface area (Å²) in [7, 11) is 3.08. The number of fused-ring (bicyclic) bond motifs is 1. The van der Waals surface area contributed by atoms with Crippen molar-refractivity contribution in [1.29, 1.82) is 0 Å². The zero-order chi connectivity index (χ0) is 16.7. The number of carbonyl (C=O) groups is 1. The first-order valence-corrected chi connectivity index (χ1v) is 6.95. The largest absolute Gasteiger partial charge is 0.459 e. The number of furan rings is 1. The van der Waals surface area contributed by atoms with E-state index in [-0.39, 0.29) is 11.7 Å². The Labute approximate surface area is 130 Å². The van der Waals surface area contributed by atoms with E-state index in [1.54, 1.807) is 31.3 Å². The van der Waals surface area contributed by atoms with Crippen LogP contribution >= 0.6 is 0 Å². The Morgan fingerprint density at radius 2 is 1.70 bits per heavy atom. The lowest BCUT2D eigenvalue weighted by Gasteiger charge is -2.13. The molecule has 2 aromatic heterocycles. The number of nitrogens with zero attached hydrogens (tertiary/aromatic N) is 2. The highest BCUT2D eigenvalue weighted by atomic mass is 16.3. The van der Waals surface area contributed by atoms with Crippen molar-refractivity contribution >= 4 is 22.6 Å². The van der Waals surface area contributed by atoms with Gasteiger partial charge in [0.2, 0.25) is 0 Å². The summed E-state index contributed by atoms with van der Waals surface area (Å²) in [5.41, 5.74) is 1.28. The molecule has 0 aliphatic heterocycles. The van der Waals surface area contributed by atoms with Gasteiger partial charge in [0.05, 0.1) is 17.3 Å². The number of rotatable bonds is 2. The quantitative estimate of drug-likeness (QED) is 0.724. The van der Waals surface area contributed by atoms with Gasteiger partial charge in [-0.1, -0.05) is 0 Å². The molecule has 1 aromatic carbocycles. The highest BCUT2D eigenvalue weighted by molar-refractivity contribution is 6.03. The molecule has 0 spiro atoms. The van der Waals surface area contributed by atoms with Crippen molar-refractivity contribution in [2.75, 3.05) is 5.32 Å². The Kier molecular flexibility index (Phi) is 3.40. The lowest BCUT2D eigenvalue weighted by molar-refractivity contribution is 0.0996. The molecule has 0 bridgehead atoms. The minimum absolute atomic E-state index is 0.193. The van der Waals surface area contributed by atoms with Crippen molar-refractivity contribution in [2.24, 2.45) is 14.1 Å². The van der Waals surface area contributed by atoms with Crippen LogP contribution in [0.2, 0.25) is 0 Å². The first-order valence-electron chi connectivity index (χ1n) is 6.95. The normalized spacial score (nSPS) is 10.9. The summed E-state index contributed by atoms with van der Waals surface area (Å²) in [6, 6.07) is 6.62. The third kappa shape index (κ3) is 2.36. The highest BCUT2D eigenvalue weighted by Crippen LogP contribution is 2.22. The topological polar surface area (TPSA) is 86.2 Å². The maximum atomic E-state index is 12.1. The van der Waals surface area contributed by atoms with E-state index < -0.39 is 11.1 Å². The SMILES string of the molecule is Cc1cc2c(cc1NC(=O)c1ccco1)n(C)c(=O)c(=O)n2C. The van der Waals surface area contributed by atoms with Crippen LogP contribution < -0.4 is 16.4 Å². The summed E-state index contributed by atoms with van der Waals surface area (Å²) in [5, 5.41) is 2.75. The zero-order valence-corrected chi connectivity index (χ0v) is 12.9. The Morgan fingerprint density at radius 1 is 1.09 bits per heavy atom. The molecule has 1 N–H and O–H groups in total. The summed E-state index contributed by atoms with van der Waals surface area (Å²) >= 11 is 0. The van der Waals surface area contributed by atoms with E-state index in [0.717, 1.165) is 5.56 Å². The second kappa shape index (κ2) is 5.28. The molecule has 2 heterocycles. The van der Waals surface area contributed by atoms with Crippen LogP contribution in [-0.4, -0.2) is 15.0 Å². The van der Waals surface area contributed by atoms with Crippen molar-refractivity contribution in [1.82, 2.24) is 9.13 Å². The van der Waals surface area contributed by atoms with Crippen LogP contribution in [0.1, 0.15) is 16.1 Å². The fourth-order valence-corrected chi connectivity index (χ4v) is 2.45. The number of hydrogen-bond donors (Lipinski definition) is 1. The lowest BCUT2D eigenvalue weighted by atomic mass is 10.1. The molecule has 7 nitrogen and oxygen atoms in total. The molecule has 0 unspecified atom stereocenters. The maximum Gasteiger partial charge on any atom is 0.316 e. The Hall–Kier alpha value is -3.09. The van der Waals surface area contributed by atoms with E-state index >= 15 is 0 Å². The van der Waals surface area contributed by atoms with E-state index in [4.69, 9.17) is 4.42 Å². The van der Waals surface area contributed by atoms with Crippen LogP contribution in [0.4, 0.5) is 5.69 Å². The van der Waals surface area contributed by atoms with E-state index in [1.165, 1.54) is 22.4 Å². The van der Waals surface area contributed by atoms with Crippen molar-refractivity contribution in [3.8, 4) is 0 Å². The van der Waals surface area contributed by atoms with Gasteiger partial charge in [0, 0.05) is 19.8 Å². The smallest absolute Gasteiger partial charge is 0.316 e. The molecular weight excluding hydrogens is 298 g/mol. The molecule has 3 rings (SSSR count). The van der Waals surface area contributed by atoms with Crippen LogP contribution in [0, 0.1) is 6.92 Å². The van der Waals surface area contributed by atoms with Crippen LogP contribution in [0.25, 0.3) is 11.0 Å². The molecule has 7 heteroatoms. The molecule has 0 atom stereocenters. The zero-order valence-electron chi connectivity index (χ0n) is 12.9. The van der Waals surface area contributed by atoms with Gasteiger partial charge in [0.1, 0.15) is 0 Å². The van der Waals surface area contributed by atoms with Gasteiger partial charge in [-0.2, -0.15) is 0 Å². The monoisotopic (exact) mass is 313 g/mol. The Bertz CT molecular complexity index is 1030. The summed E-state index contributed by atoms with van der Waals surface area (Å²) in [6.07, 6.45) is 1.42. The molecule has 1 amide bonds. The molecule has 0 fully saturated rings. The van der Waals surface area contributed by atoms with Gasteiger partial charge in [0.15, 0.2) is 5.76 Å². The van der Waals surface area contributed by atoms with Crippen LogP contribution in [-0.2, 0) is 14.1 Å².